The third-order valence-electron chi connectivity index (χ3n) is 3.89. The molecule has 1 amide bonds. The first-order valence-electron chi connectivity index (χ1n) is 8.12. The molecule has 0 saturated carbocycles. The van der Waals surface area contributed by atoms with Crippen molar-refractivity contribution in [3.63, 3.8) is 0 Å². The third-order valence-corrected chi connectivity index (χ3v) is 5.17. The Morgan fingerprint density at radius 1 is 1.21 bits per heavy atom. The second-order valence-corrected chi connectivity index (χ2v) is 7.62. The molecule has 3 aromatic rings. The van der Waals surface area contributed by atoms with Crippen LogP contribution in [0.1, 0.15) is 10.4 Å². The maximum absolute atomic E-state index is 13.1. The van der Waals surface area contributed by atoms with Crippen LogP contribution in [0.2, 0.25) is 5.02 Å². The van der Waals surface area contributed by atoms with Crippen molar-refractivity contribution in [2.75, 3.05) is 32.1 Å². The van der Waals surface area contributed by atoms with Gasteiger partial charge in [0.15, 0.2) is 5.13 Å². The number of nitro benzene ring substituents is 1. The normalized spacial score (nSPS) is 10.7. The number of nitro groups is 1. The number of thiazole rings is 1. The molecule has 0 saturated heterocycles. The Labute approximate surface area is 177 Å². The first kappa shape index (κ1) is 22.0. The van der Waals surface area contributed by atoms with Crippen molar-refractivity contribution in [2.24, 2.45) is 0 Å². The summed E-state index contributed by atoms with van der Waals surface area (Å²) in [6.07, 6.45) is 0. The Hall–Kier alpha value is -2.26. The highest BCUT2D eigenvalue weighted by molar-refractivity contribution is 7.22. The highest BCUT2D eigenvalue weighted by Crippen LogP contribution is 2.31. The first-order chi connectivity index (χ1) is 12.8. The van der Waals surface area contributed by atoms with Crippen molar-refractivity contribution in [1.29, 1.82) is 0 Å². The van der Waals surface area contributed by atoms with Gasteiger partial charge in [-0.15, -0.1) is 12.4 Å². The molecule has 1 heterocycles. The summed E-state index contributed by atoms with van der Waals surface area (Å²) in [5.74, 6) is -0.328. The van der Waals surface area contributed by atoms with E-state index in [9.17, 15) is 14.9 Å². The summed E-state index contributed by atoms with van der Waals surface area (Å²) in [7, 11) is 3.82. The fourth-order valence-electron chi connectivity index (χ4n) is 2.49. The van der Waals surface area contributed by atoms with E-state index < -0.39 is 4.92 Å². The highest BCUT2D eigenvalue weighted by atomic mass is 35.5. The highest BCUT2D eigenvalue weighted by Gasteiger charge is 2.23. The molecule has 0 radical (unpaired) electrons. The van der Waals surface area contributed by atoms with Crippen LogP contribution in [-0.4, -0.2) is 47.9 Å². The monoisotopic (exact) mass is 440 g/mol. The molecule has 0 N–H and O–H groups in total. The Balaban J connectivity index is 0.00000280. The molecule has 0 unspecified atom stereocenters. The number of aromatic nitrogens is 1. The first-order valence-corrected chi connectivity index (χ1v) is 9.32. The molecule has 0 aliphatic carbocycles. The van der Waals surface area contributed by atoms with Gasteiger partial charge in [-0.25, -0.2) is 4.98 Å². The van der Waals surface area contributed by atoms with Gasteiger partial charge in [0, 0.05) is 35.8 Å². The van der Waals surface area contributed by atoms with E-state index >= 15 is 0 Å². The van der Waals surface area contributed by atoms with Gasteiger partial charge in [0.05, 0.1) is 15.1 Å². The number of nitrogens with zero attached hydrogens (tertiary/aromatic N) is 4. The number of likely N-dealkylation sites (N-methyl/N-ethyl adjacent to an activating group) is 1. The van der Waals surface area contributed by atoms with Crippen LogP contribution in [0.25, 0.3) is 10.2 Å². The van der Waals surface area contributed by atoms with E-state index in [1.807, 2.05) is 19.0 Å². The third kappa shape index (κ3) is 4.96. The van der Waals surface area contributed by atoms with Crippen molar-refractivity contribution in [3.05, 3.63) is 63.2 Å². The number of hydrogen-bond acceptors (Lipinski definition) is 6. The van der Waals surface area contributed by atoms with Crippen molar-refractivity contribution in [3.8, 4) is 0 Å². The van der Waals surface area contributed by atoms with Gasteiger partial charge in [-0.05, 0) is 38.4 Å². The van der Waals surface area contributed by atoms with E-state index in [4.69, 9.17) is 11.6 Å². The minimum Gasteiger partial charge on any atom is -0.308 e. The van der Waals surface area contributed by atoms with Gasteiger partial charge < -0.3 is 4.90 Å². The topological polar surface area (TPSA) is 79.6 Å². The predicted molar refractivity (Wildman–Crippen MR) is 115 cm³/mol. The average molecular weight is 441 g/mol. The molecule has 28 heavy (non-hydrogen) atoms. The van der Waals surface area contributed by atoms with Gasteiger partial charge in [0.2, 0.25) is 0 Å². The quantitative estimate of drug-likeness (QED) is 0.416. The van der Waals surface area contributed by atoms with E-state index in [1.54, 1.807) is 29.2 Å². The summed E-state index contributed by atoms with van der Waals surface area (Å²) < 4.78 is 0.874. The molecule has 0 aliphatic heterocycles. The fourth-order valence-corrected chi connectivity index (χ4v) is 3.76. The van der Waals surface area contributed by atoms with Gasteiger partial charge in [-0.2, -0.15) is 0 Å². The number of rotatable bonds is 6. The van der Waals surface area contributed by atoms with Crippen LogP contribution in [0, 0.1) is 10.1 Å². The number of halogens is 2. The van der Waals surface area contributed by atoms with Crippen LogP contribution < -0.4 is 4.90 Å². The van der Waals surface area contributed by atoms with Crippen LogP contribution in [0.3, 0.4) is 0 Å². The minimum atomic E-state index is -0.513. The van der Waals surface area contributed by atoms with Gasteiger partial charge >= 0.3 is 0 Å². The second kappa shape index (κ2) is 9.29. The molecule has 148 valence electrons. The lowest BCUT2D eigenvalue weighted by Gasteiger charge is -2.22. The number of carbonyl (C=O) groups excluding carboxylic acids is 1. The van der Waals surface area contributed by atoms with Crippen LogP contribution in [0.4, 0.5) is 10.8 Å². The van der Waals surface area contributed by atoms with E-state index in [-0.39, 0.29) is 29.6 Å². The Morgan fingerprint density at radius 2 is 1.96 bits per heavy atom. The lowest BCUT2D eigenvalue weighted by Crippen LogP contribution is -2.36. The van der Waals surface area contributed by atoms with Gasteiger partial charge in [-0.1, -0.05) is 29.0 Å². The predicted octanol–water partition coefficient (Wildman–Crippen LogP) is 4.49. The van der Waals surface area contributed by atoms with Gasteiger partial charge in [0.25, 0.3) is 11.6 Å². The lowest BCUT2D eigenvalue weighted by molar-refractivity contribution is -0.384. The Kier molecular flexibility index (Phi) is 7.31. The summed E-state index contributed by atoms with van der Waals surface area (Å²) in [4.78, 5) is 31.7. The second-order valence-electron chi connectivity index (χ2n) is 6.18. The van der Waals surface area contributed by atoms with E-state index in [1.165, 1.54) is 29.5 Å². The average Bonchev–Trinajstić information content (AvgIpc) is 3.04. The number of amides is 1. The number of anilines is 1. The van der Waals surface area contributed by atoms with Crippen molar-refractivity contribution in [2.45, 2.75) is 0 Å². The van der Waals surface area contributed by atoms with Crippen molar-refractivity contribution >= 4 is 62.3 Å². The molecule has 0 aliphatic rings. The Morgan fingerprint density at radius 3 is 2.64 bits per heavy atom. The van der Waals surface area contributed by atoms with Crippen LogP contribution in [-0.2, 0) is 0 Å². The van der Waals surface area contributed by atoms with E-state index in [0.29, 0.717) is 23.2 Å². The van der Waals surface area contributed by atoms with Crippen molar-refractivity contribution in [1.82, 2.24) is 9.88 Å². The molecule has 2 aromatic carbocycles. The van der Waals surface area contributed by atoms with Crippen LogP contribution >= 0.6 is 35.3 Å². The molecule has 7 nitrogen and oxygen atoms in total. The summed E-state index contributed by atoms with van der Waals surface area (Å²) >= 11 is 7.41. The number of carbonyl (C=O) groups is 1. The molecular formula is C18H18Cl2N4O3S. The maximum atomic E-state index is 13.1. The zero-order valence-corrected chi connectivity index (χ0v) is 17.6. The number of fused-ring (bicyclic) bond motifs is 1. The Bertz CT molecular complexity index is 1010. The number of non-ortho nitro benzene ring substituents is 1. The van der Waals surface area contributed by atoms with Gasteiger partial charge in [-0.3, -0.25) is 19.8 Å². The van der Waals surface area contributed by atoms with Gasteiger partial charge in [0.1, 0.15) is 0 Å². The van der Waals surface area contributed by atoms with E-state index in [0.717, 1.165) is 10.2 Å². The summed E-state index contributed by atoms with van der Waals surface area (Å²) in [5.41, 5.74) is 0.880. The molecule has 0 fully saturated rings. The zero-order valence-electron chi connectivity index (χ0n) is 15.2. The molecule has 3 rings (SSSR count). The molecule has 0 bridgehead atoms. The summed E-state index contributed by atoms with van der Waals surface area (Å²) in [5, 5.41) is 12.2. The number of benzene rings is 2. The summed E-state index contributed by atoms with van der Waals surface area (Å²) in [6, 6.07) is 11.1. The molecule has 1 aromatic heterocycles. The molecule has 10 heteroatoms. The molecule has 0 spiro atoms. The minimum absolute atomic E-state index is 0. The fraction of sp³-hybridized carbons (Fsp3) is 0.222. The largest absolute Gasteiger partial charge is 0.308 e. The van der Waals surface area contributed by atoms with E-state index in [2.05, 4.69) is 4.98 Å². The molecular weight excluding hydrogens is 423 g/mol. The maximum Gasteiger partial charge on any atom is 0.270 e. The summed E-state index contributed by atoms with van der Waals surface area (Å²) in [6.45, 7) is 1.03. The molecule has 0 atom stereocenters. The smallest absolute Gasteiger partial charge is 0.270 e. The SMILES string of the molecule is CN(C)CCN(C(=O)c1cccc([N+](=O)[O-])c1)c1nc2ccc(Cl)cc2s1.Cl. The lowest BCUT2D eigenvalue weighted by atomic mass is 10.2. The van der Waals surface area contributed by atoms with Crippen LogP contribution in [0.15, 0.2) is 42.5 Å². The standard InChI is InChI=1S/C18H17ClN4O3S.ClH/c1-21(2)8-9-22(17(24)12-4-3-5-14(10-12)23(25)26)18-20-15-7-6-13(19)11-16(15)27-18;/h3-7,10-11H,8-9H2,1-2H3;1H. The van der Waals surface area contributed by atoms with Crippen molar-refractivity contribution < 1.29 is 9.72 Å². The number of hydrogen-bond donors (Lipinski definition) is 0. The zero-order chi connectivity index (χ0) is 19.6. The van der Waals surface area contributed by atoms with Crippen LogP contribution in [0.5, 0.6) is 0 Å².